The second-order valence-corrected chi connectivity index (χ2v) is 10.7. The number of aromatic nitrogens is 1. The number of carbonyl (C=O) groups excluding carboxylic acids is 1. The van der Waals surface area contributed by atoms with Crippen molar-refractivity contribution in [1.82, 2.24) is 9.88 Å². The smallest absolute Gasteiger partial charge is 0.238 e. The second-order valence-electron chi connectivity index (χ2n) is 7.73. The number of piperazine rings is 1. The Morgan fingerprint density at radius 3 is 2.42 bits per heavy atom. The number of thiazole rings is 1. The lowest BCUT2D eigenvalue weighted by Gasteiger charge is -2.34. The molecule has 164 valence electrons. The molecule has 3 aromatic rings. The third-order valence-electron chi connectivity index (χ3n) is 5.45. The summed E-state index contributed by atoms with van der Waals surface area (Å²) in [4.78, 5) is 21.4. The molecule has 0 radical (unpaired) electrons. The lowest BCUT2D eigenvalue weighted by molar-refractivity contribution is -0.128. The zero-order chi connectivity index (χ0) is 22.2. The number of benzene rings is 2. The van der Waals surface area contributed by atoms with Gasteiger partial charge in [0.05, 0.1) is 22.2 Å². The van der Waals surface area contributed by atoms with Crippen LogP contribution in [0.25, 0.3) is 10.2 Å². The average Bonchev–Trinajstić information content (AvgIpc) is 3.18. The number of anilines is 1. The van der Waals surface area contributed by atoms with Gasteiger partial charge >= 0.3 is 0 Å². The van der Waals surface area contributed by atoms with Gasteiger partial charge in [0, 0.05) is 26.2 Å². The lowest BCUT2D eigenvalue weighted by Crippen LogP contribution is -2.50. The number of carbonyl (C=O) groups is 1. The molecule has 1 fully saturated rings. The Morgan fingerprint density at radius 2 is 1.77 bits per heavy atom. The highest BCUT2D eigenvalue weighted by Crippen LogP contribution is 2.32. The molecule has 0 spiro atoms. The summed E-state index contributed by atoms with van der Waals surface area (Å²) in [7, 11) is -2.18. The van der Waals surface area contributed by atoms with Gasteiger partial charge in [-0.25, -0.2) is 13.4 Å². The Morgan fingerprint density at radius 1 is 1.10 bits per heavy atom. The van der Waals surface area contributed by atoms with Crippen molar-refractivity contribution in [3.8, 4) is 5.75 Å². The van der Waals surface area contributed by atoms with Crippen LogP contribution < -0.4 is 9.64 Å². The van der Waals surface area contributed by atoms with Crippen molar-refractivity contribution in [2.45, 2.75) is 18.7 Å². The fourth-order valence-electron chi connectivity index (χ4n) is 3.76. The van der Waals surface area contributed by atoms with E-state index >= 15 is 0 Å². The van der Waals surface area contributed by atoms with Gasteiger partial charge in [0.15, 0.2) is 15.0 Å². The zero-order valence-corrected chi connectivity index (χ0v) is 19.4. The highest BCUT2D eigenvalue weighted by Gasteiger charge is 2.27. The summed E-state index contributed by atoms with van der Waals surface area (Å²) < 4.78 is 31.5. The quantitative estimate of drug-likeness (QED) is 0.584. The van der Waals surface area contributed by atoms with Crippen molar-refractivity contribution >= 4 is 42.4 Å². The number of hydrogen-bond acceptors (Lipinski definition) is 7. The fraction of sp³-hybridized carbons (Fsp3) is 0.364. The number of fused-ring (bicyclic) bond motifs is 1. The van der Waals surface area contributed by atoms with Gasteiger partial charge in [-0.15, -0.1) is 0 Å². The largest absolute Gasteiger partial charge is 0.497 e. The summed E-state index contributed by atoms with van der Waals surface area (Å²) in [6, 6.07) is 10.4. The maximum atomic E-state index is 12.7. The van der Waals surface area contributed by atoms with Crippen LogP contribution in [-0.2, 0) is 14.6 Å². The maximum Gasteiger partial charge on any atom is 0.238 e. The van der Waals surface area contributed by atoms with Gasteiger partial charge in [-0.05, 0) is 55.3 Å². The molecule has 7 nitrogen and oxygen atoms in total. The van der Waals surface area contributed by atoms with E-state index in [1.807, 2.05) is 0 Å². The number of ether oxygens (including phenoxy) is 1. The summed E-state index contributed by atoms with van der Waals surface area (Å²) in [6.07, 6.45) is 0. The molecule has 4 rings (SSSR count). The molecule has 1 amide bonds. The molecule has 2 heterocycles. The van der Waals surface area contributed by atoms with E-state index in [4.69, 9.17) is 9.72 Å². The van der Waals surface area contributed by atoms with Gasteiger partial charge in [-0.3, -0.25) is 4.79 Å². The number of rotatable bonds is 5. The lowest BCUT2D eigenvalue weighted by atomic mass is 10.1. The van der Waals surface area contributed by atoms with Gasteiger partial charge in [-0.2, -0.15) is 0 Å². The maximum absolute atomic E-state index is 12.7. The van der Waals surface area contributed by atoms with E-state index in [1.54, 1.807) is 28.4 Å². The molecule has 0 aliphatic carbocycles. The molecule has 0 bridgehead atoms. The van der Waals surface area contributed by atoms with Gasteiger partial charge in [0.2, 0.25) is 5.91 Å². The molecule has 1 aliphatic heterocycles. The van der Waals surface area contributed by atoms with E-state index in [1.165, 1.54) is 24.8 Å². The molecule has 1 aliphatic rings. The summed E-state index contributed by atoms with van der Waals surface area (Å²) in [5.41, 5.74) is 3.40. The third-order valence-corrected chi connectivity index (χ3v) is 8.13. The van der Waals surface area contributed by atoms with Gasteiger partial charge in [-0.1, -0.05) is 17.4 Å². The molecule has 0 atom stereocenters. The molecule has 9 heteroatoms. The van der Waals surface area contributed by atoms with E-state index in [-0.39, 0.29) is 10.8 Å². The SMILES string of the molecule is COc1ccc(S(=O)(=O)CC(=O)N2CCN(c3nc4c(C)cc(C)cc4s3)CC2)cc1. The predicted octanol–water partition coefficient (Wildman–Crippen LogP) is 3.04. The second kappa shape index (κ2) is 8.47. The van der Waals surface area contributed by atoms with E-state index in [0.717, 1.165) is 20.9 Å². The van der Waals surface area contributed by atoms with Crippen molar-refractivity contribution in [2.24, 2.45) is 0 Å². The molecule has 31 heavy (non-hydrogen) atoms. The number of methoxy groups -OCH3 is 1. The minimum absolute atomic E-state index is 0.125. The van der Waals surface area contributed by atoms with Crippen molar-refractivity contribution < 1.29 is 17.9 Å². The van der Waals surface area contributed by atoms with Crippen LogP contribution in [0.1, 0.15) is 11.1 Å². The Balaban J connectivity index is 1.40. The van der Waals surface area contributed by atoms with Crippen LogP contribution in [-0.4, -0.2) is 63.3 Å². The summed E-state index contributed by atoms with van der Waals surface area (Å²) in [5, 5.41) is 0.946. The van der Waals surface area contributed by atoms with Crippen LogP contribution in [0.15, 0.2) is 41.3 Å². The van der Waals surface area contributed by atoms with E-state index in [2.05, 4.69) is 30.9 Å². The number of sulfone groups is 1. The molecule has 2 aromatic carbocycles. The standard InChI is InChI=1S/C22H25N3O4S2/c1-15-12-16(2)21-19(13-15)30-22(23-21)25-10-8-24(9-11-25)20(26)14-31(27,28)18-6-4-17(29-3)5-7-18/h4-7,12-13H,8-11,14H2,1-3H3. The Bertz CT molecular complexity index is 1210. The number of nitrogens with zero attached hydrogens (tertiary/aromatic N) is 3. The number of amides is 1. The van der Waals surface area contributed by atoms with E-state index in [9.17, 15) is 13.2 Å². The van der Waals surface area contributed by atoms with Crippen LogP contribution in [0.4, 0.5) is 5.13 Å². The van der Waals surface area contributed by atoms with Crippen molar-refractivity contribution in [3.63, 3.8) is 0 Å². The third kappa shape index (κ3) is 4.52. The van der Waals surface area contributed by atoms with Crippen LogP contribution in [0, 0.1) is 13.8 Å². The van der Waals surface area contributed by atoms with Crippen molar-refractivity contribution in [3.05, 3.63) is 47.5 Å². The number of hydrogen-bond donors (Lipinski definition) is 0. The van der Waals surface area contributed by atoms with Gasteiger partial charge in [0.25, 0.3) is 0 Å². The van der Waals surface area contributed by atoms with Gasteiger partial charge < -0.3 is 14.5 Å². The topological polar surface area (TPSA) is 79.8 Å². The predicted molar refractivity (Wildman–Crippen MR) is 123 cm³/mol. The first-order valence-electron chi connectivity index (χ1n) is 10.0. The first kappa shape index (κ1) is 21.6. The summed E-state index contributed by atoms with van der Waals surface area (Å²) in [5.74, 6) is -0.327. The minimum atomic E-state index is -3.70. The monoisotopic (exact) mass is 459 g/mol. The van der Waals surface area contributed by atoms with Crippen molar-refractivity contribution in [1.29, 1.82) is 0 Å². The zero-order valence-electron chi connectivity index (χ0n) is 17.8. The van der Waals surface area contributed by atoms with Crippen LogP contribution >= 0.6 is 11.3 Å². The molecule has 0 saturated carbocycles. The molecule has 0 N–H and O–H groups in total. The highest BCUT2D eigenvalue weighted by atomic mass is 32.2. The molecule has 1 saturated heterocycles. The molecular weight excluding hydrogens is 434 g/mol. The Hall–Kier alpha value is -2.65. The normalized spacial score (nSPS) is 14.8. The molecule has 1 aromatic heterocycles. The highest BCUT2D eigenvalue weighted by molar-refractivity contribution is 7.92. The van der Waals surface area contributed by atoms with Gasteiger partial charge in [0.1, 0.15) is 11.5 Å². The number of aryl methyl sites for hydroxylation is 2. The first-order chi connectivity index (χ1) is 14.8. The average molecular weight is 460 g/mol. The fourth-order valence-corrected chi connectivity index (χ4v) is 6.18. The van der Waals surface area contributed by atoms with Crippen molar-refractivity contribution in [2.75, 3.05) is 43.9 Å². The minimum Gasteiger partial charge on any atom is -0.497 e. The molecule has 0 unspecified atom stereocenters. The van der Waals surface area contributed by atoms with E-state index in [0.29, 0.717) is 31.9 Å². The summed E-state index contributed by atoms with van der Waals surface area (Å²) in [6.45, 7) is 6.36. The van der Waals surface area contributed by atoms with Crippen LogP contribution in [0.2, 0.25) is 0 Å². The van der Waals surface area contributed by atoms with Crippen LogP contribution in [0.5, 0.6) is 5.75 Å². The Kier molecular flexibility index (Phi) is 5.90. The van der Waals surface area contributed by atoms with E-state index < -0.39 is 15.6 Å². The molecular formula is C22H25N3O4S2. The van der Waals surface area contributed by atoms with Crippen LogP contribution in [0.3, 0.4) is 0 Å². The summed E-state index contributed by atoms with van der Waals surface area (Å²) >= 11 is 1.66. The Labute approximate surface area is 186 Å². The first-order valence-corrected chi connectivity index (χ1v) is 12.5.